The van der Waals surface area contributed by atoms with Crippen molar-refractivity contribution in [3.05, 3.63) is 58.9 Å². The second-order valence-corrected chi connectivity index (χ2v) is 7.49. The van der Waals surface area contributed by atoms with Gasteiger partial charge in [0.1, 0.15) is 23.2 Å². The van der Waals surface area contributed by atoms with Crippen LogP contribution in [0.5, 0.6) is 0 Å². The van der Waals surface area contributed by atoms with Crippen molar-refractivity contribution in [2.45, 2.75) is 13.0 Å². The third kappa shape index (κ3) is 2.44. The van der Waals surface area contributed by atoms with Gasteiger partial charge < -0.3 is 10.6 Å². The maximum absolute atomic E-state index is 9.33. The van der Waals surface area contributed by atoms with Gasteiger partial charge in [-0.05, 0) is 24.1 Å². The van der Waals surface area contributed by atoms with E-state index in [0.29, 0.717) is 17.1 Å². The summed E-state index contributed by atoms with van der Waals surface area (Å²) in [6.07, 6.45) is 4.18. The molecule has 4 aromatic rings. The molecule has 0 amide bonds. The highest BCUT2D eigenvalue weighted by atomic mass is 32.1. The third-order valence-corrected chi connectivity index (χ3v) is 5.89. The van der Waals surface area contributed by atoms with E-state index in [0.717, 1.165) is 45.9 Å². The monoisotopic (exact) mass is 373 g/mol. The number of para-hydroxylation sites is 1. The predicted octanol–water partition coefficient (Wildman–Crippen LogP) is 2.89. The summed E-state index contributed by atoms with van der Waals surface area (Å²) in [4.78, 5) is 12.3. The van der Waals surface area contributed by atoms with Gasteiger partial charge in [0.15, 0.2) is 5.65 Å². The number of nitriles is 1. The lowest BCUT2D eigenvalue weighted by Crippen LogP contribution is -2.30. The van der Waals surface area contributed by atoms with Crippen LogP contribution in [0.3, 0.4) is 0 Å². The Morgan fingerprint density at radius 1 is 1.19 bits per heavy atom. The van der Waals surface area contributed by atoms with Crippen LogP contribution in [0, 0.1) is 11.3 Å². The first-order chi connectivity index (χ1) is 13.3. The molecule has 0 fully saturated rings. The number of hydrogen-bond donors (Lipinski definition) is 1. The lowest BCUT2D eigenvalue weighted by molar-refractivity contribution is 0.734. The predicted molar refractivity (Wildman–Crippen MR) is 105 cm³/mol. The number of benzene rings is 1. The maximum Gasteiger partial charge on any atom is 0.168 e. The molecule has 0 aliphatic carbocycles. The molecule has 27 heavy (non-hydrogen) atoms. The molecular formula is C19H15N7S. The molecule has 2 N–H and O–H groups in total. The minimum absolute atomic E-state index is 0.606. The summed E-state index contributed by atoms with van der Waals surface area (Å²) in [5.74, 6) is 0.860. The van der Waals surface area contributed by atoms with E-state index >= 15 is 0 Å². The molecule has 3 aromatic heterocycles. The van der Waals surface area contributed by atoms with Crippen molar-refractivity contribution in [2.75, 3.05) is 17.2 Å². The number of aromatic nitrogens is 4. The smallest absolute Gasteiger partial charge is 0.168 e. The third-order valence-electron chi connectivity index (χ3n) is 4.84. The summed E-state index contributed by atoms with van der Waals surface area (Å²) < 4.78 is 1.83. The largest absolute Gasteiger partial charge is 0.389 e. The van der Waals surface area contributed by atoms with Crippen LogP contribution in [0.1, 0.15) is 16.0 Å². The SMILES string of the molecule is N#Cc1c(N)sc2c1CCN(c1ncnc3c1cnn3-c1ccccc1)C2. The quantitative estimate of drug-likeness (QED) is 0.580. The van der Waals surface area contributed by atoms with Crippen molar-refractivity contribution in [2.24, 2.45) is 0 Å². The molecule has 0 saturated heterocycles. The molecule has 0 bridgehead atoms. The highest BCUT2D eigenvalue weighted by Gasteiger charge is 2.26. The second-order valence-electron chi connectivity index (χ2n) is 6.35. The van der Waals surface area contributed by atoms with Crippen LogP contribution in [0.4, 0.5) is 10.8 Å². The van der Waals surface area contributed by atoms with Crippen LogP contribution in [0.15, 0.2) is 42.9 Å². The average Bonchev–Trinajstić information content (AvgIpc) is 3.27. The first-order valence-corrected chi connectivity index (χ1v) is 9.37. The molecule has 4 heterocycles. The van der Waals surface area contributed by atoms with Crippen LogP contribution >= 0.6 is 11.3 Å². The van der Waals surface area contributed by atoms with E-state index in [-0.39, 0.29) is 0 Å². The molecule has 0 saturated carbocycles. The highest BCUT2D eigenvalue weighted by Crippen LogP contribution is 2.36. The summed E-state index contributed by atoms with van der Waals surface area (Å²) in [7, 11) is 0. The summed E-state index contributed by atoms with van der Waals surface area (Å²) in [6, 6.07) is 12.2. The van der Waals surface area contributed by atoms with Crippen LogP contribution in [0.25, 0.3) is 16.7 Å². The molecule has 5 rings (SSSR count). The zero-order valence-corrected chi connectivity index (χ0v) is 15.1. The number of nitrogens with two attached hydrogens (primary N) is 1. The van der Waals surface area contributed by atoms with Crippen molar-refractivity contribution in [3.63, 3.8) is 0 Å². The Bertz CT molecular complexity index is 1190. The second kappa shape index (κ2) is 6.07. The Morgan fingerprint density at radius 2 is 2.04 bits per heavy atom. The Hall–Kier alpha value is -3.44. The van der Waals surface area contributed by atoms with Gasteiger partial charge in [-0.1, -0.05) is 18.2 Å². The first kappa shape index (κ1) is 15.8. The fourth-order valence-corrected chi connectivity index (χ4v) is 4.65. The average molecular weight is 373 g/mol. The Labute approximate surface area is 159 Å². The molecule has 0 spiro atoms. The normalized spacial score (nSPS) is 13.5. The van der Waals surface area contributed by atoms with Crippen LogP contribution < -0.4 is 10.6 Å². The van der Waals surface area contributed by atoms with Gasteiger partial charge in [-0.3, -0.25) is 0 Å². The zero-order valence-electron chi connectivity index (χ0n) is 14.3. The fraction of sp³-hybridized carbons (Fsp3) is 0.158. The standard InChI is InChI=1S/C19H15N7S/c20-8-14-13-6-7-25(10-16(13)27-17(14)21)18-15-9-24-26(19(15)23-11-22-18)12-4-2-1-3-5-12/h1-5,9,11H,6-7,10,21H2. The van der Waals surface area contributed by atoms with E-state index in [9.17, 15) is 5.26 Å². The van der Waals surface area contributed by atoms with E-state index in [1.165, 1.54) is 11.3 Å². The van der Waals surface area contributed by atoms with Gasteiger partial charge in [-0.25, -0.2) is 14.6 Å². The minimum atomic E-state index is 0.606. The van der Waals surface area contributed by atoms with E-state index in [1.807, 2.05) is 41.2 Å². The van der Waals surface area contributed by atoms with Crippen molar-refractivity contribution < 1.29 is 0 Å². The maximum atomic E-state index is 9.33. The van der Waals surface area contributed by atoms with Crippen molar-refractivity contribution in [1.82, 2.24) is 19.7 Å². The number of thiophene rings is 1. The zero-order chi connectivity index (χ0) is 18.4. The molecule has 132 valence electrons. The van der Waals surface area contributed by atoms with Gasteiger partial charge in [0.05, 0.1) is 29.4 Å². The lowest BCUT2D eigenvalue weighted by atomic mass is 10.0. The van der Waals surface area contributed by atoms with Crippen molar-refractivity contribution in [1.29, 1.82) is 5.26 Å². The molecule has 1 aliphatic heterocycles. The topological polar surface area (TPSA) is 96.7 Å². The van der Waals surface area contributed by atoms with Crippen LogP contribution in [-0.2, 0) is 13.0 Å². The summed E-state index contributed by atoms with van der Waals surface area (Å²) >= 11 is 1.50. The molecule has 7 nitrogen and oxygen atoms in total. The number of fused-ring (bicyclic) bond motifs is 2. The van der Waals surface area contributed by atoms with E-state index < -0.39 is 0 Å². The highest BCUT2D eigenvalue weighted by molar-refractivity contribution is 7.16. The first-order valence-electron chi connectivity index (χ1n) is 8.55. The van der Waals surface area contributed by atoms with Crippen molar-refractivity contribution >= 4 is 33.2 Å². The Kier molecular flexibility index (Phi) is 3.55. The number of nitrogen functional groups attached to an aromatic ring is 1. The Balaban J connectivity index is 1.57. The summed E-state index contributed by atoms with van der Waals surface area (Å²) in [5.41, 5.74) is 9.47. The van der Waals surface area contributed by atoms with E-state index in [2.05, 4.69) is 26.0 Å². The summed E-state index contributed by atoms with van der Waals surface area (Å²) in [5, 5.41) is 15.4. The number of rotatable bonds is 2. The number of hydrogen-bond acceptors (Lipinski definition) is 7. The number of nitrogens with zero attached hydrogens (tertiary/aromatic N) is 6. The molecule has 1 aliphatic rings. The van der Waals surface area contributed by atoms with Gasteiger partial charge >= 0.3 is 0 Å². The molecule has 8 heteroatoms. The molecule has 0 unspecified atom stereocenters. The van der Waals surface area contributed by atoms with Crippen molar-refractivity contribution in [3.8, 4) is 11.8 Å². The van der Waals surface area contributed by atoms with Crippen LogP contribution in [0.2, 0.25) is 0 Å². The molecular weight excluding hydrogens is 358 g/mol. The molecule has 1 aromatic carbocycles. The minimum Gasteiger partial charge on any atom is -0.389 e. The van der Waals surface area contributed by atoms with E-state index in [1.54, 1.807) is 6.33 Å². The summed E-state index contributed by atoms with van der Waals surface area (Å²) in [6.45, 7) is 1.47. The van der Waals surface area contributed by atoms with Gasteiger partial charge in [0, 0.05) is 11.4 Å². The van der Waals surface area contributed by atoms with Gasteiger partial charge in [-0.2, -0.15) is 10.4 Å². The van der Waals surface area contributed by atoms with Gasteiger partial charge in [0.2, 0.25) is 0 Å². The lowest BCUT2D eigenvalue weighted by Gasteiger charge is -2.28. The van der Waals surface area contributed by atoms with Crippen LogP contribution in [-0.4, -0.2) is 26.3 Å². The molecule has 0 radical (unpaired) electrons. The fourth-order valence-electron chi connectivity index (χ4n) is 3.57. The van der Waals surface area contributed by atoms with Gasteiger partial charge in [-0.15, -0.1) is 11.3 Å². The van der Waals surface area contributed by atoms with Gasteiger partial charge in [0.25, 0.3) is 0 Å². The Morgan fingerprint density at radius 3 is 2.85 bits per heavy atom. The van der Waals surface area contributed by atoms with E-state index in [4.69, 9.17) is 5.73 Å². The molecule has 0 atom stereocenters. The number of anilines is 2.